The largest absolute Gasteiger partial charge is 0.380 e. The molecule has 0 aliphatic carbocycles. The Labute approximate surface area is 177 Å². The molecule has 0 saturated carbocycles. The highest BCUT2D eigenvalue weighted by molar-refractivity contribution is 7.89. The van der Waals surface area contributed by atoms with Gasteiger partial charge in [-0.25, -0.2) is 13.1 Å². The van der Waals surface area contributed by atoms with Crippen LogP contribution in [0.15, 0.2) is 64.4 Å². The average Bonchev–Trinajstić information content (AvgIpc) is 2.71. The van der Waals surface area contributed by atoms with Gasteiger partial charge in [-0.3, -0.25) is 4.79 Å². The van der Waals surface area contributed by atoms with Gasteiger partial charge in [-0.2, -0.15) is 9.78 Å². The zero-order valence-corrected chi connectivity index (χ0v) is 17.6. The second kappa shape index (κ2) is 9.06. The molecule has 0 aliphatic heterocycles. The molecule has 3 aromatic rings. The summed E-state index contributed by atoms with van der Waals surface area (Å²) in [5.74, 6) is 0. The van der Waals surface area contributed by atoms with Crippen molar-refractivity contribution in [3.8, 4) is 5.69 Å². The fraction of sp³-hybridized carbons (Fsp3) is 0.158. The van der Waals surface area contributed by atoms with Crippen LogP contribution in [0.25, 0.3) is 5.69 Å². The Hall–Kier alpha value is -2.23. The van der Waals surface area contributed by atoms with Crippen molar-refractivity contribution in [3.05, 3.63) is 86.3 Å². The number of hydrogen-bond donors (Lipinski definition) is 1. The molecular weight excluding hydrogens is 437 g/mol. The minimum absolute atomic E-state index is 0.0471. The summed E-state index contributed by atoms with van der Waals surface area (Å²) in [6.45, 7) is 0.583. The summed E-state index contributed by atoms with van der Waals surface area (Å²) in [6.07, 6.45) is 1.25. The Morgan fingerprint density at radius 2 is 1.79 bits per heavy atom. The third-order valence-corrected chi connectivity index (χ3v) is 6.20. The number of aromatic nitrogens is 2. The molecule has 0 atom stereocenters. The van der Waals surface area contributed by atoms with Gasteiger partial charge in [-0.1, -0.05) is 47.5 Å². The summed E-state index contributed by atoms with van der Waals surface area (Å²) in [7, 11) is -2.15. The molecular formula is C19H17Cl2N3O4S. The van der Waals surface area contributed by atoms with Crippen molar-refractivity contribution in [1.29, 1.82) is 0 Å². The predicted molar refractivity (Wildman–Crippen MR) is 111 cm³/mol. The van der Waals surface area contributed by atoms with Crippen LogP contribution in [0.2, 0.25) is 10.0 Å². The van der Waals surface area contributed by atoms with E-state index in [9.17, 15) is 13.2 Å². The molecule has 1 N–H and O–H groups in total. The molecule has 2 aromatic carbocycles. The van der Waals surface area contributed by atoms with Gasteiger partial charge in [-0.05, 0) is 35.4 Å². The summed E-state index contributed by atoms with van der Waals surface area (Å²) in [4.78, 5) is 12.2. The van der Waals surface area contributed by atoms with Crippen LogP contribution in [-0.4, -0.2) is 25.3 Å². The Morgan fingerprint density at radius 1 is 1.10 bits per heavy atom. The zero-order valence-electron chi connectivity index (χ0n) is 15.3. The molecule has 152 valence electrons. The van der Waals surface area contributed by atoms with Gasteiger partial charge in [0.1, 0.15) is 5.02 Å². The number of benzene rings is 2. The molecule has 1 heterocycles. The lowest BCUT2D eigenvalue weighted by Crippen LogP contribution is -2.24. The van der Waals surface area contributed by atoms with Crippen LogP contribution < -0.4 is 10.3 Å². The van der Waals surface area contributed by atoms with E-state index in [1.165, 1.54) is 30.5 Å². The second-order valence-corrected chi connectivity index (χ2v) is 8.65. The van der Waals surface area contributed by atoms with Gasteiger partial charge in [0, 0.05) is 13.7 Å². The first-order valence-corrected chi connectivity index (χ1v) is 10.7. The third kappa shape index (κ3) is 5.04. The van der Waals surface area contributed by atoms with E-state index in [0.29, 0.717) is 12.3 Å². The molecule has 10 heteroatoms. The first-order valence-electron chi connectivity index (χ1n) is 8.42. The Bertz CT molecular complexity index is 1180. The number of sulfonamides is 1. The van der Waals surface area contributed by atoms with E-state index in [2.05, 4.69) is 9.82 Å². The van der Waals surface area contributed by atoms with Crippen molar-refractivity contribution in [1.82, 2.24) is 14.5 Å². The standard InChI is InChI=1S/C19H17Cl2N3O4S/c1-28-12-14-4-2-3-13(9-14)10-23-29(26,27)16-7-5-15(6-8-16)24-19(25)18(21)17(20)11-22-24/h2-9,11,23H,10,12H2,1H3. The first-order chi connectivity index (χ1) is 13.8. The Kier molecular flexibility index (Phi) is 6.71. The Morgan fingerprint density at radius 3 is 2.48 bits per heavy atom. The van der Waals surface area contributed by atoms with Gasteiger partial charge in [0.05, 0.1) is 28.4 Å². The monoisotopic (exact) mass is 453 g/mol. The number of ether oxygens (including phenoxy) is 1. The summed E-state index contributed by atoms with van der Waals surface area (Å²) < 4.78 is 33.8. The molecule has 0 saturated heterocycles. The number of nitrogens with one attached hydrogen (secondary N) is 1. The van der Waals surface area contributed by atoms with Gasteiger partial charge in [-0.15, -0.1) is 0 Å². The number of halogens is 2. The molecule has 1 aromatic heterocycles. The molecule has 0 amide bonds. The van der Waals surface area contributed by atoms with E-state index < -0.39 is 15.6 Å². The molecule has 7 nitrogen and oxygen atoms in total. The maximum Gasteiger partial charge on any atom is 0.291 e. The van der Waals surface area contributed by atoms with Crippen molar-refractivity contribution in [2.45, 2.75) is 18.0 Å². The summed E-state index contributed by atoms with van der Waals surface area (Å²) in [5, 5.41) is 3.80. The smallest absolute Gasteiger partial charge is 0.291 e. The molecule has 0 aliphatic rings. The molecule has 0 bridgehead atoms. The summed E-state index contributed by atoms with van der Waals surface area (Å²) >= 11 is 11.6. The van der Waals surface area contributed by atoms with Crippen LogP contribution in [0, 0.1) is 0 Å². The van der Waals surface area contributed by atoms with Crippen molar-refractivity contribution in [2.75, 3.05) is 7.11 Å². The predicted octanol–water partition coefficient (Wildman–Crippen LogP) is 3.16. The second-order valence-electron chi connectivity index (χ2n) is 6.09. The van der Waals surface area contributed by atoms with Gasteiger partial charge in [0.25, 0.3) is 5.56 Å². The summed E-state index contributed by atoms with van der Waals surface area (Å²) in [6, 6.07) is 13.1. The first kappa shape index (κ1) is 21.5. The van der Waals surface area contributed by atoms with Crippen molar-refractivity contribution < 1.29 is 13.2 Å². The quantitative estimate of drug-likeness (QED) is 0.593. The van der Waals surface area contributed by atoms with Crippen LogP contribution in [0.4, 0.5) is 0 Å². The fourth-order valence-electron chi connectivity index (χ4n) is 2.62. The SMILES string of the molecule is COCc1cccc(CNS(=O)(=O)c2ccc(-n3ncc(Cl)c(Cl)c3=O)cc2)c1. The third-order valence-electron chi connectivity index (χ3n) is 4.04. The lowest BCUT2D eigenvalue weighted by molar-refractivity contribution is 0.185. The number of hydrogen-bond acceptors (Lipinski definition) is 5. The molecule has 0 spiro atoms. The molecule has 3 rings (SSSR count). The van der Waals surface area contributed by atoms with Crippen LogP contribution in [0.5, 0.6) is 0 Å². The molecule has 0 fully saturated rings. The van der Waals surface area contributed by atoms with E-state index in [1.807, 2.05) is 24.3 Å². The van der Waals surface area contributed by atoms with Gasteiger partial charge in [0.15, 0.2) is 0 Å². The van der Waals surface area contributed by atoms with Crippen LogP contribution in [-0.2, 0) is 27.9 Å². The van der Waals surface area contributed by atoms with Crippen molar-refractivity contribution in [3.63, 3.8) is 0 Å². The lowest BCUT2D eigenvalue weighted by Gasteiger charge is -2.10. The summed E-state index contributed by atoms with van der Waals surface area (Å²) in [5.41, 5.74) is 1.53. The van der Waals surface area contributed by atoms with Crippen molar-refractivity contribution in [2.24, 2.45) is 0 Å². The fourth-order valence-corrected chi connectivity index (χ4v) is 3.89. The minimum Gasteiger partial charge on any atom is -0.380 e. The van der Waals surface area contributed by atoms with E-state index >= 15 is 0 Å². The van der Waals surface area contributed by atoms with E-state index in [-0.39, 0.29) is 21.5 Å². The van der Waals surface area contributed by atoms with Gasteiger partial charge >= 0.3 is 0 Å². The minimum atomic E-state index is -3.74. The van der Waals surface area contributed by atoms with E-state index in [4.69, 9.17) is 27.9 Å². The van der Waals surface area contributed by atoms with Crippen LogP contribution >= 0.6 is 23.2 Å². The number of rotatable bonds is 7. The average molecular weight is 454 g/mol. The normalized spacial score (nSPS) is 11.6. The van der Waals surface area contributed by atoms with E-state index in [0.717, 1.165) is 15.8 Å². The highest BCUT2D eigenvalue weighted by atomic mass is 35.5. The van der Waals surface area contributed by atoms with Crippen LogP contribution in [0.1, 0.15) is 11.1 Å². The van der Waals surface area contributed by atoms with Crippen LogP contribution in [0.3, 0.4) is 0 Å². The topological polar surface area (TPSA) is 90.3 Å². The highest BCUT2D eigenvalue weighted by Crippen LogP contribution is 2.17. The maximum absolute atomic E-state index is 12.6. The maximum atomic E-state index is 12.6. The van der Waals surface area contributed by atoms with Gasteiger partial charge in [0.2, 0.25) is 10.0 Å². The molecule has 0 radical (unpaired) electrons. The lowest BCUT2D eigenvalue weighted by atomic mass is 10.1. The van der Waals surface area contributed by atoms with E-state index in [1.54, 1.807) is 7.11 Å². The molecule has 29 heavy (non-hydrogen) atoms. The number of methoxy groups -OCH3 is 1. The molecule has 0 unspecified atom stereocenters. The zero-order chi connectivity index (χ0) is 21.0. The Balaban J connectivity index is 1.77. The number of nitrogens with zero attached hydrogens (tertiary/aromatic N) is 2. The van der Waals surface area contributed by atoms with Gasteiger partial charge < -0.3 is 4.74 Å². The van der Waals surface area contributed by atoms with Crippen molar-refractivity contribution >= 4 is 33.2 Å². The highest BCUT2D eigenvalue weighted by Gasteiger charge is 2.15.